The van der Waals surface area contributed by atoms with E-state index in [4.69, 9.17) is 0 Å². The van der Waals surface area contributed by atoms with Gasteiger partial charge >= 0.3 is 0 Å². The number of carbonyl (C=O) groups is 1. The summed E-state index contributed by atoms with van der Waals surface area (Å²) in [7, 11) is 0. The average molecular weight is 251 g/mol. The number of aldehydes is 1. The molecule has 0 aliphatic heterocycles. The lowest BCUT2D eigenvalue weighted by Gasteiger charge is -2.15. The summed E-state index contributed by atoms with van der Waals surface area (Å²) in [5.41, 5.74) is -0.377. The van der Waals surface area contributed by atoms with Gasteiger partial charge in [0.1, 0.15) is 0 Å². The fraction of sp³-hybridized carbons (Fsp3) is 0.231. The number of benzene rings is 1. The van der Waals surface area contributed by atoms with Crippen LogP contribution in [0.3, 0.4) is 0 Å². The van der Waals surface area contributed by atoms with Crippen molar-refractivity contribution < 1.29 is 13.6 Å². The molecule has 0 radical (unpaired) electrons. The van der Waals surface area contributed by atoms with E-state index in [2.05, 4.69) is 0 Å². The van der Waals surface area contributed by atoms with Gasteiger partial charge in [0.15, 0.2) is 23.3 Å². The summed E-state index contributed by atoms with van der Waals surface area (Å²) >= 11 is 0. The summed E-state index contributed by atoms with van der Waals surface area (Å²) < 4.78 is 28.0. The van der Waals surface area contributed by atoms with Crippen LogP contribution in [-0.2, 0) is 0 Å². The first-order valence-electron chi connectivity index (χ1n) is 5.44. The van der Waals surface area contributed by atoms with Crippen LogP contribution < -0.4 is 5.43 Å². The second kappa shape index (κ2) is 4.33. The van der Waals surface area contributed by atoms with E-state index < -0.39 is 17.1 Å². The number of rotatable bonds is 2. The molecule has 1 aromatic carbocycles. The molecular weight excluding hydrogens is 240 g/mol. The fourth-order valence-corrected chi connectivity index (χ4v) is 1.88. The van der Waals surface area contributed by atoms with E-state index in [9.17, 15) is 18.4 Å². The monoisotopic (exact) mass is 251 g/mol. The van der Waals surface area contributed by atoms with Crippen molar-refractivity contribution in [3.8, 4) is 0 Å². The summed E-state index contributed by atoms with van der Waals surface area (Å²) in [5.74, 6) is -2.12. The number of hydrogen-bond acceptors (Lipinski definition) is 2. The molecule has 0 bridgehead atoms. The zero-order valence-corrected chi connectivity index (χ0v) is 9.91. The summed E-state index contributed by atoms with van der Waals surface area (Å²) in [6.07, 6.45) is 1.78. The van der Waals surface area contributed by atoms with Crippen LogP contribution >= 0.6 is 0 Å². The summed E-state index contributed by atoms with van der Waals surface area (Å²) in [5, 5.41) is 0.00667. The van der Waals surface area contributed by atoms with Crippen LogP contribution in [0.15, 0.2) is 23.1 Å². The van der Waals surface area contributed by atoms with Gasteiger partial charge in [0.2, 0.25) is 0 Å². The van der Waals surface area contributed by atoms with Crippen molar-refractivity contribution >= 4 is 17.2 Å². The molecule has 2 rings (SSSR count). The van der Waals surface area contributed by atoms with E-state index in [-0.39, 0.29) is 22.5 Å². The molecule has 0 unspecified atom stereocenters. The first kappa shape index (κ1) is 12.4. The third kappa shape index (κ3) is 1.81. The Bertz CT molecular complexity index is 689. The molecule has 5 heteroatoms. The minimum atomic E-state index is -1.10. The van der Waals surface area contributed by atoms with Crippen LogP contribution in [-0.4, -0.2) is 10.9 Å². The summed E-state index contributed by atoms with van der Waals surface area (Å²) in [6, 6.07) is 1.72. The predicted molar refractivity (Wildman–Crippen MR) is 63.9 cm³/mol. The maximum atomic E-state index is 13.2. The zero-order chi connectivity index (χ0) is 13.4. The highest BCUT2D eigenvalue weighted by Gasteiger charge is 2.14. The second-order valence-corrected chi connectivity index (χ2v) is 4.32. The van der Waals surface area contributed by atoms with Gasteiger partial charge in [-0.2, -0.15) is 0 Å². The van der Waals surface area contributed by atoms with Crippen LogP contribution in [0.2, 0.25) is 0 Å². The smallest absolute Gasteiger partial charge is 0.199 e. The average Bonchev–Trinajstić information content (AvgIpc) is 2.32. The van der Waals surface area contributed by atoms with E-state index in [0.717, 1.165) is 12.1 Å². The van der Waals surface area contributed by atoms with E-state index >= 15 is 0 Å². The highest BCUT2D eigenvalue weighted by atomic mass is 19.2. The van der Waals surface area contributed by atoms with Crippen molar-refractivity contribution in [1.29, 1.82) is 0 Å². The zero-order valence-electron chi connectivity index (χ0n) is 9.91. The third-order valence-corrected chi connectivity index (χ3v) is 2.79. The molecule has 0 aliphatic carbocycles. The normalized spacial score (nSPS) is 11.2. The number of pyridine rings is 1. The molecule has 18 heavy (non-hydrogen) atoms. The van der Waals surface area contributed by atoms with Crippen molar-refractivity contribution in [2.75, 3.05) is 0 Å². The van der Waals surface area contributed by atoms with Gasteiger partial charge < -0.3 is 4.57 Å². The molecule has 0 spiro atoms. The predicted octanol–water partition coefficient (Wildman–Crippen LogP) is 2.67. The fourth-order valence-electron chi connectivity index (χ4n) is 1.88. The third-order valence-electron chi connectivity index (χ3n) is 2.79. The van der Waals surface area contributed by atoms with Crippen LogP contribution in [0.25, 0.3) is 10.9 Å². The van der Waals surface area contributed by atoms with Crippen LogP contribution in [0, 0.1) is 11.6 Å². The molecule has 0 fully saturated rings. The van der Waals surface area contributed by atoms with Gasteiger partial charge in [0, 0.05) is 23.7 Å². The topological polar surface area (TPSA) is 39.1 Å². The maximum Gasteiger partial charge on any atom is 0.199 e. The molecular formula is C13H11F2NO2. The Morgan fingerprint density at radius 2 is 1.83 bits per heavy atom. The first-order chi connectivity index (χ1) is 8.45. The standard InChI is InChI=1S/C13H11F2NO2/c1-7(2)16-5-8(6-17)13(18)9-3-10(14)11(15)4-12(9)16/h3-7H,1-2H3. The molecule has 3 nitrogen and oxygen atoms in total. The highest BCUT2D eigenvalue weighted by Crippen LogP contribution is 2.19. The van der Waals surface area contributed by atoms with Crippen molar-refractivity contribution in [2.45, 2.75) is 19.9 Å². The highest BCUT2D eigenvalue weighted by molar-refractivity contribution is 5.86. The first-order valence-corrected chi connectivity index (χ1v) is 5.44. The Morgan fingerprint density at radius 3 is 2.39 bits per heavy atom. The maximum absolute atomic E-state index is 13.2. The van der Waals surface area contributed by atoms with Crippen LogP contribution in [0.5, 0.6) is 0 Å². The minimum Gasteiger partial charge on any atom is -0.344 e. The number of nitrogens with zero attached hydrogens (tertiary/aromatic N) is 1. The Kier molecular flexibility index (Phi) is 2.98. The van der Waals surface area contributed by atoms with Gasteiger partial charge in [-0.25, -0.2) is 8.78 Å². The van der Waals surface area contributed by atoms with Gasteiger partial charge in [0.25, 0.3) is 0 Å². The number of carbonyl (C=O) groups excluding carboxylic acids is 1. The Morgan fingerprint density at radius 1 is 1.22 bits per heavy atom. The van der Waals surface area contributed by atoms with Gasteiger partial charge in [-0.3, -0.25) is 9.59 Å². The molecule has 94 valence electrons. The van der Waals surface area contributed by atoms with Crippen LogP contribution in [0.1, 0.15) is 30.2 Å². The van der Waals surface area contributed by atoms with E-state index in [1.165, 1.54) is 6.20 Å². The van der Waals surface area contributed by atoms with Gasteiger partial charge in [-0.05, 0) is 19.9 Å². The quantitative estimate of drug-likeness (QED) is 0.770. The molecule has 2 aromatic rings. The lowest BCUT2D eigenvalue weighted by molar-refractivity contribution is 0.112. The summed E-state index contributed by atoms with van der Waals surface area (Å²) in [4.78, 5) is 22.7. The molecule has 0 N–H and O–H groups in total. The Balaban J connectivity index is 3.01. The van der Waals surface area contributed by atoms with E-state index in [1.54, 1.807) is 4.57 Å². The summed E-state index contributed by atoms with van der Waals surface area (Å²) in [6.45, 7) is 3.64. The Labute approximate surface area is 102 Å². The van der Waals surface area contributed by atoms with Gasteiger partial charge in [-0.1, -0.05) is 0 Å². The molecule has 0 atom stereocenters. The molecule has 1 heterocycles. The number of fused-ring (bicyclic) bond motifs is 1. The van der Waals surface area contributed by atoms with Gasteiger partial charge in [0.05, 0.1) is 11.1 Å². The number of hydrogen-bond donors (Lipinski definition) is 0. The largest absolute Gasteiger partial charge is 0.344 e. The number of halogens is 2. The SMILES string of the molecule is CC(C)n1cc(C=O)c(=O)c2cc(F)c(F)cc21. The van der Waals surface area contributed by atoms with E-state index in [1.807, 2.05) is 13.8 Å². The van der Waals surface area contributed by atoms with Crippen molar-refractivity contribution in [2.24, 2.45) is 0 Å². The molecule has 1 aromatic heterocycles. The molecule has 0 aliphatic rings. The van der Waals surface area contributed by atoms with Crippen molar-refractivity contribution in [3.63, 3.8) is 0 Å². The lowest BCUT2D eigenvalue weighted by atomic mass is 10.1. The second-order valence-electron chi connectivity index (χ2n) is 4.32. The minimum absolute atomic E-state index is 0.00667. The van der Waals surface area contributed by atoms with Crippen molar-refractivity contribution in [1.82, 2.24) is 4.57 Å². The van der Waals surface area contributed by atoms with Crippen LogP contribution in [0.4, 0.5) is 8.78 Å². The molecule has 0 saturated carbocycles. The molecule has 0 saturated heterocycles. The van der Waals surface area contributed by atoms with Crippen molar-refractivity contribution in [3.05, 3.63) is 45.8 Å². The lowest BCUT2D eigenvalue weighted by Crippen LogP contribution is -2.16. The molecule has 0 amide bonds. The number of aromatic nitrogens is 1. The Hall–Kier alpha value is -2.04. The van der Waals surface area contributed by atoms with E-state index in [0.29, 0.717) is 6.29 Å². The van der Waals surface area contributed by atoms with Gasteiger partial charge in [-0.15, -0.1) is 0 Å².